The van der Waals surface area contributed by atoms with Crippen LogP contribution < -0.4 is 0 Å². The van der Waals surface area contributed by atoms with Gasteiger partial charge in [-0.15, -0.1) is 0 Å². The standard InChI is InChI=1S/C5H7NO3/c1-6-3-2-5(4(6)7)8-9-5/h2-3H2,1H3. The van der Waals surface area contributed by atoms with Gasteiger partial charge in [0.2, 0.25) is 0 Å². The Hall–Kier alpha value is -0.610. The first-order valence-corrected chi connectivity index (χ1v) is 2.87. The van der Waals surface area contributed by atoms with Crippen molar-refractivity contribution in [2.75, 3.05) is 13.6 Å². The Bertz CT molecular complexity index is 164. The molecule has 2 fully saturated rings. The van der Waals surface area contributed by atoms with Crippen LogP contribution in [0.3, 0.4) is 0 Å². The molecule has 0 saturated carbocycles. The number of nitrogens with zero attached hydrogens (tertiary/aromatic N) is 1. The normalized spacial score (nSPS) is 29.9. The molecule has 2 aliphatic rings. The van der Waals surface area contributed by atoms with Crippen molar-refractivity contribution < 1.29 is 14.6 Å². The first-order chi connectivity index (χ1) is 4.25. The highest BCUT2D eigenvalue weighted by Gasteiger charge is 2.61. The van der Waals surface area contributed by atoms with E-state index in [9.17, 15) is 4.79 Å². The van der Waals surface area contributed by atoms with Gasteiger partial charge in [-0.25, -0.2) is 0 Å². The molecule has 2 aliphatic heterocycles. The van der Waals surface area contributed by atoms with Crippen LogP contribution >= 0.6 is 0 Å². The lowest BCUT2D eigenvalue weighted by Gasteiger charge is -2.03. The molecule has 4 heteroatoms. The first-order valence-electron chi connectivity index (χ1n) is 2.87. The average molecular weight is 129 g/mol. The number of rotatable bonds is 0. The van der Waals surface area contributed by atoms with Gasteiger partial charge >= 0.3 is 5.79 Å². The number of amides is 1. The van der Waals surface area contributed by atoms with E-state index in [0.717, 1.165) is 6.54 Å². The second-order valence-corrected chi connectivity index (χ2v) is 2.40. The van der Waals surface area contributed by atoms with Crippen molar-refractivity contribution in [3.05, 3.63) is 0 Å². The van der Waals surface area contributed by atoms with Crippen LogP contribution in [0.25, 0.3) is 0 Å². The number of hydrogen-bond donors (Lipinski definition) is 0. The minimum Gasteiger partial charge on any atom is -0.341 e. The lowest BCUT2D eigenvalue weighted by Crippen LogP contribution is -2.27. The summed E-state index contributed by atoms with van der Waals surface area (Å²) in [5.74, 6) is -0.892. The molecule has 0 aromatic heterocycles. The van der Waals surface area contributed by atoms with E-state index in [1.54, 1.807) is 11.9 Å². The van der Waals surface area contributed by atoms with Crippen LogP contribution in [0.1, 0.15) is 6.42 Å². The Kier molecular flexibility index (Phi) is 0.736. The minimum absolute atomic E-state index is 0.0532. The summed E-state index contributed by atoms with van der Waals surface area (Å²) in [5, 5.41) is 0. The molecule has 0 radical (unpaired) electrons. The molecule has 0 atom stereocenters. The Balaban J connectivity index is 2.22. The number of carbonyl (C=O) groups is 1. The number of hydrogen-bond acceptors (Lipinski definition) is 3. The molecular weight excluding hydrogens is 122 g/mol. The molecule has 4 nitrogen and oxygen atoms in total. The largest absolute Gasteiger partial charge is 0.341 e. The van der Waals surface area contributed by atoms with Crippen molar-refractivity contribution in [3.63, 3.8) is 0 Å². The molecule has 2 saturated heterocycles. The Morgan fingerprint density at radius 1 is 1.67 bits per heavy atom. The molecule has 1 amide bonds. The summed E-state index contributed by atoms with van der Waals surface area (Å²) < 4.78 is 0. The maximum absolute atomic E-state index is 11.0. The molecule has 0 aromatic carbocycles. The molecule has 2 rings (SSSR count). The van der Waals surface area contributed by atoms with Crippen LogP contribution in [0.5, 0.6) is 0 Å². The Morgan fingerprint density at radius 3 is 2.56 bits per heavy atom. The van der Waals surface area contributed by atoms with Gasteiger partial charge in [0.15, 0.2) is 0 Å². The fourth-order valence-corrected chi connectivity index (χ4v) is 1.02. The molecular formula is C5H7NO3. The fourth-order valence-electron chi connectivity index (χ4n) is 1.02. The van der Waals surface area contributed by atoms with Crippen molar-refractivity contribution in [2.24, 2.45) is 0 Å². The van der Waals surface area contributed by atoms with Gasteiger partial charge in [0.25, 0.3) is 5.91 Å². The van der Waals surface area contributed by atoms with Crippen LogP contribution in [-0.4, -0.2) is 30.2 Å². The minimum atomic E-state index is -0.839. The van der Waals surface area contributed by atoms with E-state index < -0.39 is 5.79 Å². The maximum Gasteiger partial charge on any atom is 0.312 e. The monoisotopic (exact) mass is 129 g/mol. The molecule has 9 heavy (non-hydrogen) atoms. The summed E-state index contributed by atoms with van der Waals surface area (Å²) in [4.78, 5) is 21.7. The Morgan fingerprint density at radius 2 is 2.33 bits per heavy atom. The zero-order valence-corrected chi connectivity index (χ0v) is 5.09. The van der Waals surface area contributed by atoms with Crippen LogP contribution in [-0.2, 0) is 14.6 Å². The van der Waals surface area contributed by atoms with Gasteiger partial charge in [-0.2, -0.15) is 9.78 Å². The highest BCUT2D eigenvalue weighted by Crippen LogP contribution is 2.39. The molecule has 0 bridgehead atoms. The molecule has 2 heterocycles. The summed E-state index contributed by atoms with van der Waals surface area (Å²) in [6, 6.07) is 0. The van der Waals surface area contributed by atoms with Crippen LogP contribution in [0.2, 0.25) is 0 Å². The van der Waals surface area contributed by atoms with Gasteiger partial charge in [0, 0.05) is 20.0 Å². The number of carbonyl (C=O) groups excluding carboxylic acids is 1. The van der Waals surface area contributed by atoms with Crippen molar-refractivity contribution in [3.8, 4) is 0 Å². The van der Waals surface area contributed by atoms with Gasteiger partial charge in [-0.05, 0) is 0 Å². The van der Waals surface area contributed by atoms with Gasteiger partial charge in [-0.3, -0.25) is 4.79 Å². The van der Waals surface area contributed by atoms with E-state index in [1.807, 2.05) is 0 Å². The predicted molar refractivity (Wildman–Crippen MR) is 27.2 cm³/mol. The van der Waals surface area contributed by atoms with Gasteiger partial charge in [0.1, 0.15) is 0 Å². The van der Waals surface area contributed by atoms with Crippen molar-refractivity contribution in [1.82, 2.24) is 4.90 Å². The summed E-state index contributed by atoms with van der Waals surface area (Å²) in [7, 11) is 1.74. The highest BCUT2D eigenvalue weighted by atomic mass is 17.4. The molecule has 0 unspecified atom stereocenters. The quantitative estimate of drug-likeness (QED) is 0.327. The SMILES string of the molecule is CN1CCC2(OO2)C1=O. The summed E-state index contributed by atoms with van der Waals surface area (Å²) in [6.07, 6.45) is 0.669. The van der Waals surface area contributed by atoms with E-state index in [2.05, 4.69) is 9.78 Å². The second kappa shape index (κ2) is 1.27. The van der Waals surface area contributed by atoms with Crippen molar-refractivity contribution >= 4 is 5.91 Å². The van der Waals surface area contributed by atoms with E-state index in [4.69, 9.17) is 0 Å². The number of likely N-dealkylation sites (tertiary alicyclic amines) is 1. The average Bonchev–Trinajstić information content (AvgIpc) is 2.57. The summed E-state index contributed by atoms with van der Waals surface area (Å²) in [6.45, 7) is 0.735. The van der Waals surface area contributed by atoms with Crippen molar-refractivity contribution in [2.45, 2.75) is 12.2 Å². The summed E-state index contributed by atoms with van der Waals surface area (Å²) in [5.41, 5.74) is 0. The maximum atomic E-state index is 11.0. The molecule has 1 spiro atoms. The molecule has 0 aliphatic carbocycles. The number of likely N-dealkylation sites (N-methyl/N-ethyl adjacent to an activating group) is 1. The lowest BCUT2D eigenvalue weighted by atomic mass is 10.3. The Labute approximate surface area is 52.3 Å². The van der Waals surface area contributed by atoms with E-state index >= 15 is 0 Å². The first kappa shape index (κ1) is 5.20. The third kappa shape index (κ3) is 0.516. The zero-order valence-electron chi connectivity index (χ0n) is 5.09. The van der Waals surface area contributed by atoms with E-state index in [0.29, 0.717) is 6.42 Å². The molecule has 50 valence electrons. The third-order valence-electron chi connectivity index (χ3n) is 1.73. The van der Waals surface area contributed by atoms with Gasteiger partial charge < -0.3 is 4.90 Å². The second-order valence-electron chi connectivity index (χ2n) is 2.40. The zero-order chi connectivity index (χ0) is 6.48. The van der Waals surface area contributed by atoms with Crippen LogP contribution in [0.15, 0.2) is 0 Å². The topological polar surface area (TPSA) is 45.4 Å². The smallest absolute Gasteiger partial charge is 0.312 e. The summed E-state index contributed by atoms with van der Waals surface area (Å²) >= 11 is 0. The lowest BCUT2D eigenvalue weighted by molar-refractivity contribution is -0.131. The van der Waals surface area contributed by atoms with E-state index in [-0.39, 0.29) is 5.91 Å². The molecule has 0 N–H and O–H groups in total. The predicted octanol–water partition coefficient (Wildman–Crippen LogP) is -0.493. The van der Waals surface area contributed by atoms with Crippen LogP contribution in [0.4, 0.5) is 0 Å². The highest BCUT2D eigenvalue weighted by molar-refractivity contribution is 5.86. The van der Waals surface area contributed by atoms with Crippen molar-refractivity contribution in [1.29, 1.82) is 0 Å². The van der Waals surface area contributed by atoms with Crippen LogP contribution in [0, 0.1) is 0 Å². The van der Waals surface area contributed by atoms with Gasteiger partial charge in [0.05, 0.1) is 0 Å². The third-order valence-corrected chi connectivity index (χ3v) is 1.73. The van der Waals surface area contributed by atoms with E-state index in [1.165, 1.54) is 0 Å². The fraction of sp³-hybridized carbons (Fsp3) is 0.800. The molecule has 0 aromatic rings. The van der Waals surface area contributed by atoms with Gasteiger partial charge in [-0.1, -0.05) is 0 Å².